The van der Waals surface area contributed by atoms with Gasteiger partial charge in [-0.05, 0) is 32.0 Å². The fraction of sp³-hybridized carbons (Fsp3) is 0.267. The van der Waals surface area contributed by atoms with Crippen molar-refractivity contribution in [2.45, 2.75) is 26.5 Å². The maximum atomic E-state index is 12.2. The molecule has 0 N–H and O–H groups in total. The van der Waals surface area contributed by atoms with Crippen molar-refractivity contribution in [2.24, 2.45) is 0 Å². The molecule has 0 spiro atoms. The minimum Gasteiger partial charge on any atom is -0.490 e. The summed E-state index contributed by atoms with van der Waals surface area (Å²) in [6, 6.07) is 7.47. The van der Waals surface area contributed by atoms with Crippen LogP contribution in [0.2, 0.25) is 0 Å². The van der Waals surface area contributed by atoms with Gasteiger partial charge in [0.15, 0.2) is 0 Å². The Bertz CT molecular complexity index is 626. The highest BCUT2D eigenvalue weighted by Crippen LogP contribution is 2.24. The fourth-order valence-electron chi connectivity index (χ4n) is 1.93. The molecule has 18 heavy (non-hydrogen) atoms. The SMILES string of the molecule is C=CCn1ccc2c(OC(C)C)cccc2c1=O. The van der Waals surface area contributed by atoms with Crippen LogP contribution in [0.4, 0.5) is 0 Å². The number of aromatic nitrogens is 1. The molecular formula is C15H17NO2. The number of fused-ring (bicyclic) bond motifs is 1. The predicted octanol–water partition coefficient (Wildman–Crippen LogP) is 2.97. The first-order valence-corrected chi connectivity index (χ1v) is 6.03. The van der Waals surface area contributed by atoms with Crippen LogP contribution in [-0.2, 0) is 6.54 Å². The highest BCUT2D eigenvalue weighted by atomic mass is 16.5. The molecule has 3 nitrogen and oxygen atoms in total. The summed E-state index contributed by atoms with van der Waals surface area (Å²) in [5.41, 5.74) is -0.0124. The maximum Gasteiger partial charge on any atom is 0.258 e. The van der Waals surface area contributed by atoms with E-state index in [1.807, 2.05) is 38.1 Å². The van der Waals surface area contributed by atoms with E-state index in [2.05, 4.69) is 6.58 Å². The van der Waals surface area contributed by atoms with Crippen molar-refractivity contribution < 1.29 is 4.74 Å². The van der Waals surface area contributed by atoms with Crippen LogP contribution in [0.25, 0.3) is 10.8 Å². The third-order valence-corrected chi connectivity index (χ3v) is 2.67. The van der Waals surface area contributed by atoms with Crippen LogP contribution in [-0.4, -0.2) is 10.7 Å². The zero-order valence-electron chi connectivity index (χ0n) is 10.7. The summed E-state index contributed by atoms with van der Waals surface area (Å²) in [5.74, 6) is 0.755. The molecule has 0 aliphatic heterocycles. The third kappa shape index (κ3) is 2.30. The van der Waals surface area contributed by atoms with Crippen molar-refractivity contribution in [1.29, 1.82) is 0 Å². The summed E-state index contributed by atoms with van der Waals surface area (Å²) in [6.45, 7) is 8.11. The second-order valence-electron chi connectivity index (χ2n) is 4.45. The van der Waals surface area contributed by atoms with E-state index in [4.69, 9.17) is 4.74 Å². The lowest BCUT2D eigenvalue weighted by Gasteiger charge is -2.13. The van der Waals surface area contributed by atoms with Gasteiger partial charge in [-0.15, -0.1) is 6.58 Å². The Balaban J connectivity index is 2.62. The summed E-state index contributed by atoms with van der Waals surface area (Å²) in [6.07, 6.45) is 3.58. The van der Waals surface area contributed by atoms with Crippen LogP contribution in [0, 0.1) is 0 Å². The molecule has 0 amide bonds. The van der Waals surface area contributed by atoms with E-state index in [0.717, 1.165) is 11.1 Å². The highest BCUT2D eigenvalue weighted by Gasteiger charge is 2.07. The molecule has 0 aliphatic rings. The zero-order valence-corrected chi connectivity index (χ0v) is 10.7. The van der Waals surface area contributed by atoms with E-state index >= 15 is 0 Å². The first-order chi connectivity index (χ1) is 8.63. The number of rotatable bonds is 4. The Kier molecular flexibility index (Phi) is 3.51. The van der Waals surface area contributed by atoms with Gasteiger partial charge in [-0.25, -0.2) is 0 Å². The molecule has 3 heteroatoms. The number of ether oxygens (including phenoxy) is 1. The molecule has 1 aromatic heterocycles. The first-order valence-electron chi connectivity index (χ1n) is 6.03. The Labute approximate surface area is 106 Å². The molecule has 94 valence electrons. The smallest absolute Gasteiger partial charge is 0.258 e. The van der Waals surface area contributed by atoms with Crippen molar-refractivity contribution in [3.05, 3.63) is 53.5 Å². The van der Waals surface area contributed by atoms with Crippen LogP contribution < -0.4 is 10.3 Å². The van der Waals surface area contributed by atoms with Gasteiger partial charge in [0.25, 0.3) is 5.56 Å². The van der Waals surface area contributed by atoms with Crippen molar-refractivity contribution in [3.8, 4) is 5.75 Å². The van der Waals surface area contributed by atoms with E-state index in [-0.39, 0.29) is 11.7 Å². The Morgan fingerprint density at radius 3 is 2.78 bits per heavy atom. The maximum absolute atomic E-state index is 12.2. The van der Waals surface area contributed by atoms with Gasteiger partial charge in [0, 0.05) is 18.1 Å². The number of nitrogens with zero attached hydrogens (tertiary/aromatic N) is 1. The second kappa shape index (κ2) is 5.08. The number of allylic oxidation sites excluding steroid dienone is 1. The van der Waals surface area contributed by atoms with Gasteiger partial charge in [0.2, 0.25) is 0 Å². The molecule has 2 aromatic rings. The summed E-state index contributed by atoms with van der Waals surface area (Å²) < 4.78 is 7.35. The van der Waals surface area contributed by atoms with Crippen LogP contribution in [0.1, 0.15) is 13.8 Å². The minimum absolute atomic E-state index is 0.0124. The normalized spacial score (nSPS) is 10.8. The van der Waals surface area contributed by atoms with Gasteiger partial charge in [0.1, 0.15) is 5.75 Å². The molecule has 0 atom stereocenters. The number of hydrogen-bond acceptors (Lipinski definition) is 2. The van der Waals surface area contributed by atoms with E-state index in [9.17, 15) is 4.79 Å². The second-order valence-corrected chi connectivity index (χ2v) is 4.45. The van der Waals surface area contributed by atoms with E-state index in [0.29, 0.717) is 11.9 Å². The Hall–Kier alpha value is -2.03. The fourth-order valence-corrected chi connectivity index (χ4v) is 1.93. The lowest BCUT2D eigenvalue weighted by Crippen LogP contribution is -2.19. The van der Waals surface area contributed by atoms with Gasteiger partial charge in [-0.3, -0.25) is 4.79 Å². The molecule has 1 heterocycles. The number of benzene rings is 1. The number of hydrogen-bond donors (Lipinski definition) is 0. The zero-order chi connectivity index (χ0) is 13.1. The van der Waals surface area contributed by atoms with Crippen LogP contribution in [0.3, 0.4) is 0 Å². The van der Waals surface area contributed by atoms with Crippen LogP contribution >= 0.6 is 0 Å². The molecule has 0 unspecified atom stereocenters. The van der Waals surface area contributed by atoms with Crippen molar-refractivity contribution >= 4 is 10.8 Å². The first kappa shape index (κ1) is 12.4. The van der Waals surface area contributed by atoms with Crippen LogP contribution in [0.15, 0.2) is 47.9 Å². The number of pyridine rings is 1. The molecule has 2 rings (SSSR count). The molecule has 0 aliphatic carbocycles. The quantitative estimate of drug-likeness (QED) is 0.773. The third-order valence-electron chi connectivity index (χ3n) is 2.67. The molecule has 1 aromatic carbocycles. The average molecular weight is 243 g/mol. The molecule has 0 bridgehead atoms. The lowest BCUT2D eigenvalue weighted by molar-refractivity contribution is 0.245. The van der Waals surface area contributed by atoms with E-state index in [1.165, 1.54) is 0 Å². The summed E-state index contributed by atoms with van der Waals surface area (Å²) >= 11 is 0. The molecule has 0 saturated heterocycles. The minimum atomic E-state index is -0.0124. The average Bonchev–Trinajstić information content (AvgIpc) is 2.33. The molecule has 0 saturated carbocycles. The Morgan fingerprint density at radius 2 is 2.11 bits per heavy atom. The van der Waals surface area contributed by atoms with Gasteiger partial charge < -0.3 is 9.30 Å². The van der Waals surface area contributed by atoms with Gasteiger partial charge in [0.05, 0.1) is 11.5 Å². The summed E-state index contributed by atoms with van der Waals surface area (Å²) in [7, 11) is 0. The predicted molar refractivity (Wildman–Crippen MR) is 74.2 cm³/mol. The van der Waals surface area contributed by atoms with Crippen molar-refractivity contribution in [2.75, 3.05) is 0 Å². The molecular weight excluding hydrogens is 226 g/mol. The van der Waals surface area contributed by atoms with Gasteiger partial charge in [-0.2, -0.15) is 0 Å². The largest absolute Gasteiger partial charge is 0.490 e. The summed E-state index contributed by atoms with van der Waals surface area (Å²) in [5, 5.41) is 1.54. The van der Waals surface area contributed by atoms with Crippen molar-refractivity contribution in [1.82, 2.24) is 4.57 Å². The monoisotopic (exact) mass is 243 g/mol. The van der Waals surface area contributed by atoms with Crippen LogP contribution in [0.5, 0.6) is 5.75 Å². The van der Waals surface area contributed by atoms with E-state index < -0.39 is 0 Å². The van der Waals surface area contributed by atoms with Gasteiger partial charge >= 0.3 is 0 Å². The van der Waals surface area contributed by atoms with E-state index in [1.54, 1.807) is 16.8 Å². The molecule has 0 fully saturated rings. The summed E-state index contributed by atoms with van der Waals surface area (Å²) in [4.78, 5) is 12.2. The van der Waals surface area contributed by atoms with Gasteiger partial charge in [-0.1, -0.05) is 12.1 Å². The highest BCUT2D eigenvalue weighted by molar-refractivity contribution is 5.87. The Morgan fingerprint density at radius 1 is 1.33 bits per heavy atom. The molecule has 0 radical (unpaired) electrons. The standard InChI is InChI=1S/C15H17NO2/c1-4-9-16-10-8-12-13(15(16)17)6-5-7-14(12)18-11(2)3/h4-8,10-11H,1,9H2,2-3H3. The van der Waals surface area contributed by atoms with Crippen molar-refractivity contribution in [3.63, 3.8) is 0 Å². The topological polar surface area (TPSA) is 31.2 Å². The lowest BCUT2D eigenvalue weighted by atomic mass is 10.1.